The fourth-order valence-corrected chi connectivity index (χ4v) is 4.28. The molecule has 148 valence electrons. The van der Waals surface area contributed by atoms with Crippen molar-refractivity contribution in [2.24, 2.45) is 0 Å². The molecule has 0 saturated heterocycles. The summed E-state index contributed by atoms with van der Waals surface area (Å²) >= 11 is 1.62. The lowest BCUT2D eigenvalue weighted by molar-refractivity contribution is 0.126. The minimum Gasteiger partial charge on any atom is -0.393 e. The van der Waals surface area contributed by atoms with Crippen LogP contribution >= 0.6 is 11.3 Å². The summed E-state index contributed by atoms with van der Waals surface area (Å²) in [6.07, 6.45) is 10.0. The maximum atomic E-state index is 9.75. The highest BCUT2D eigenvalue weighted by atomic mass is 32.1. The average Bonchev–Trinajstić information content (AvgIpc) is 3.40. The standard InChI is InChI=1S/C19H20N8OS/c28-14-3-1-12(2-4-14)23-18-17-15(6-8-29-17)25-19(26-18)24-13-9-22-27(10-13)16-5-7-20-11-21-16/h5-12,14,28H,1-4H2,(H2,23,24,25,26)/t12-,14-. The number of thiophene rings is 1. The SMILES string of the molecule is O[C@H]1CC[C@H](Nc2nc(Nc3cnn(-c4ccncn4)c3)nc3ccsc23)CC1. The number of aromatic nitrogens is 6. The summed E-state index contributed by atoms with van der Waals surface area (Å²) in [5.41, 5.74) is 1.67. The van der Waals surface area contributed by atoms with E-state index in [1.54, 1.807) is 34.5 Å². The van der Waals surface area contributed by atoms with Crippen molar-refractivity contribution < 1.29 is 5.11 Å². The van der Waals surface area contributed by atoms with Crippen LogP contribution in [0.4, 0.5) is 17.5 Å². The van der Waals surface area contributed by atoms with Gasteiger partial charge in [-0.25, -0.2) is 19.6 Å². The number of fused-ring (bicyclic) bond motifs is 1. The van der Waals surface area contributed by atoms with Crippen LogP contribution in [0.15, 0.2) is 42.4 Å². The number of anilines is 3. The summed E-state index contributed by atoms with van der Waals surface area (Å²) in [6, 6.07) is 4.09. The zero-order chi connectivity index (χ0) is 19.6. The lowest BCUT2D eigenvalue weighted by atomic mass is 9.93. The third-order valence-electron chi connectivity index (χ3n) is 4.98. The number of aliphatic hydroxyl groups excluding tert-OH is 1. The molecule has 5 rings (SSSR count). The molecular weight excluding hydrogens is 388 g/mol. The van der Waals surface area contributed by atoms with Crippen molar-refractivity contribution in [3.05, 3.63) is 42.4 Å². The second-order valence-corrected chi connectivity index (χ2v) is 7.96. The number of nitrogens with zero attached hydrogens (tertiary/aromatic N) is 6. The van der Waals surface area contributed by atoms with Gasteiger partial charge < -0.3 is 15.7 Å². The Morgan fingerprint density at radius 2 is 2.03 bits per heavy atom. The first-order valence-corrected chi connectivity index (χ1v) is 10.4. The van der Waals surface area contributed by atoms with E-state index in [-0.39, 0.29) is 6.10 Å². The number of nitrogens with one attached hydrogen (secondary N) is 2. The van der Waals surface area contributed by atoms with Crippen molar-refractivity contribution in [3.8, 4) is 5.82 Å². The predicted molar refractivity (Wildman–Crippen MR) is 112 cm³/mol. The van der Waals surface area contributed by atoms with Gasteiger partial charge in [0.25, 0.3) is 0 Å². The van der Waals surface area contributed by atoms with E-state index in [1.165, 1.54) is 6.33 Å². The monoisotopic (exact) mass is 408 g/mol. The minimum absolute atomic E-state index is 0.177. The highest BCUT2D eigenvalue weighted by Gasteiger charge is 2.21. The van der Waals surface area contributed by atoms with Gasteiger partial charge in [-0.1, -0.05) is 0 Å². The van der Waals surface area contributed by atoms with Crippen LogP contribution in [0.25, 0.3) is 16.0 Å². The van der Waals surface area contributed by atoms with E-state index in [0.717, 1.165) is 47.4 Å². The number of rotatable bonds is 5. The molecule has 0 atom stereocenters. The molecule has 0 amide bonds. The summed E-state index contributed by atoms with van der Waals surface area (Å²) in [5.74, 6) is 2.03. The Balaban J connectivity index is 1.39. The molecule has 4 aromatic heterocycles. The van der Waals surface area contributed by atoms with Gasteiger partial charge >= 0.3 is 0 Å². The molecule has 0 bridgehead atoms. The number of hydrogen-bond donors (Lipinski definition) is 3. The molecule has 0 radical (unpaired) electrons. The van der Waals surface area contributed by atoms with Crippen LogP contribution in [-0.4, -0.2) is 47.0 Å². The first-order valence-electron chi connectivity index (χ1n) is 9.52. The van der Waals surface area contributed by atoms with E-state index in [2.05, 4.69) is 30.7 Å². The van der Waals surface area contributed by atoms with E-state index in [4.69, 9.17) is 4.98 Å². The minimum atomic E-state index is -0.177. The van der Waals surface area contributed by atoms with Crippen molar-refractivity contribution in [2.75, 3.05) is 10.6 Å². The first-order chi connectivity index (χ1) is 14.2. The van der Waals surface area contributed by atoms with Gasteiger partial charge in [0.1, 0.15) is 12.1 Å². The van der Waals surface area contributed by atoms with E-state index >= 15 is 0 Å². The second-order valence-electron chi connectivity index (χ2n) is 7.05. The maximum Gasteiger partial charge on any atom is 0.229 e. The molecular formula is C19H20N8OS. The molecule has 1 saturated carbocycles. The van der Waals surface area contributed by atoms with Crippen LogP contribution in [0.3, 0.4) is 0 Å². The zero-order valence-corrected chi connectivity index (χ0v) is 16.4. The third-order valence-corrected chi connectivity index (χ3v) is 5.89. The molecule has 0 aromatic carbocycles. The lowest BCUT2D eigenvalue weighted by Crippen LogP contribution is -2.28. The Kier molecular flexibility index (Phi) is 4.78. The van der Waals surface area contributed by atoms with Gasteiger partial charge in [-0.2, -0.15) is 10.1 Å². The summed E-state index contributed by atoms with van der Waals surface area (Å²) in [4.78, 5) is 17.5. The van der Waals surface area contributed by atoms with Gasteiger partial charge in [-0.05, 0) is 37.1 Å². The lowest BCUT2D eigenvalue weighted by Gasteiger charge is -2.26. The summed E-state index contributed by atoms with van der Waals surface area (Å²) in [5, 5.41) is 22.9. The molecule has 4 aromatic rings. The Labute approximate surface area is 170 Å². The molecule has 0 aliphatic heterocycles. The van der Waals surface area contributed by atoms with Crippen molar-refractivity contribution in [2.45, 2.75) is 37.8 Å². The van der Waals surface area contributed by atoms with Crippen LogP contribution in [0.2, 0.25) is 0 Å². The van der Waals surface area contributed by atoms with E-state index in [0.29, 0.717) is 17.8 Å². The van der Waals surface area contributed by atoms with Crippen LogP contribution in [0.5, 0.6) is 0 Å². The Hall–Kier alpha value is -3.11. The molecule has 1 aliphatic rings. The molecule has 1 fully saturated rings. The Morgan fingerprint density at radius 3 is 2.86 bits per heavy atom. The normalized spacial score (nSPS) is 19.3. The number of aliphatic hydroxyl groups is 1. The Morgan fingerprint density at radius 1 is 1.14 bits per heavy atom. The van der Waals surface area contributed by atoms with Gasteiger partial charge in [0.15, 0.2) is 5.82 Å². The number of hydrogen-bond acceptors (Lipinski definition) is 9. The highest BCUT2D eigenvalue weighted by Crippen LogP contribution is 2.30. The van der Waals surface area contributed by atoms with Gasteiger partial charge in [-0.3, -0.25) is 0 Å². The maximum absolute atomic E-state index is 9.75. The van der Waals surface area contributed by atoms with Crippen LogP contribution in [0.1, 0.15) is 25.7 Å². The van der Waals surface area contributed by atoms with Gasteiger partial charge in [-0.15, -0.1) is 11.3 Å². The fraction of sp³-hybridized carbons (Fsp3) is 0.316. The predicted octanol–water partition coefficient (Wildman–Crippen LogP) is 3.13. The van der Waals surface area contributed by atoms with E-state index in [9.17, 15) is 5.11 Å². The van der Waals surface area contributed by atoms with Gasteiger partial charge in [0.2, 0.25) is 5.95 Å². The van der Waals surface area contributed by atoms with Gasteiger partial charge in [0.05, 0.1) is 34.4 Å². The molecule has 1 aliphatic carbocycles. The van der Waals surface area contributed by atoms with Crippen molar-refractivity contribution in [1.82, 2.24) is 29.7 Å². The zero-order valence-electron chi connectivity index (χ0n) is 15.6. The van der Waals surface area contributed by atoms with Crippen LogP contribution in [-0.2, 0) is 0 Å². The topological polar surface area (TPSA) is 114 Å². The molecule has 10 heteroatoms. The quantitative estimate of drug-likeness (QED) is 0.462. The fourth-order valence-electron chi connectivity index (χ4n) is 3.49. The third kappa shape index (κ3) is 3.89. The van der Waals surface area contributed by atoms with Crippen molar-refractivity contribution >= 4 is 39.0 Å². The van der Waals surface area contributed by atoms with Crippen LogP contribution in [0, 0.1) is 0 Å². The average molecular weight is 408 g/mol. The van der Waals surface area contributed by atoms with E-state index in [1.807, 2.05) is 17.6 Å². The van der Waals surface area contributed by atoms with E-state index < -0.39 is 0 Å². The molecule has 3 N–H and O–H groups in total. The Bertz CT molecular complexity index is 1100. The molecule has 4 heterocycles. The molecule has 29 heavy (non-hydrogen) atoms. The highest BCUT2D eigenvalue weighted by molar-refractivity contribution is 7.17. The summed E-state index contributed by atoms with van der Waals surface area (Å²) in [7, 11) is 0. The van der Waals surface area contributed by atoms with Crippen molar-refractivity contribution in [3.63, 3.8) is 0 Å². The second kappa shape index (κ2) is 7.72. The summed E-state index contributed by atoms with van der Waals surface area (Å²) < 4.78 is 2.71. The smallest absolute Gasteiger partial charge is 0.229 e. The first kappa shape index (κ1) is 18.0. The van der Waals surface area contributed by atoms with Crippen LogP contribution < -0.4 is 10.6 Å². The van der Waals surface area contributed by atoms with Crippen molar-refractivity contribution in [1.29, 1.82) is 0 Å². The largest absolute Gasteiger partial charge is 0.393 e. The summed E-state index contributed by atoms with van der Waals surface area (Å²) in [6.45, 7) is 0. The molecule has 9 nitrogen and oxygen atoms in total. The molecule has 0 spiro atoms. The van der Waals surface area contributed by atoms with Gasteiger partial charge in [0, 0.05) is 18.3 Å². The molecule has 0 unspecified atom stereocenters.